The Labute approximate surface area is 212 Å². The number of carbonyl (C=O) groups excluding carboxylic acids is 1. The van der Waals surface area contributed by atoms with Gasteiger partial charge in [0, 0.05) is 17.7 Å². The van der Waals surface area contributed by atoms with Crippen molar-refractivity contribution in [2.75, 3.05) is 4.72 Å². The van der Waals surface area contributed by atoms with Gasteiger partial charge in [-0.3, -0.25) is 9.52 Å². The number of sulfonamides is 1. The van der Waals surface area contributed by atoms with Crippen LogP contribution in [0.25, 0.3) is 0 Å². The first-order valence-electron chi connectivity index (χ1n) is 11.0. The molecule has 0 spiro atoms. The molecule has 1 atom stereocenters. The molecular weight excluding hydrogens is 531 g/mol. The molecule has 37 heavy (non-hydrogen) atoms. The van der Waals surface area contributed by atoms with E-state index in [9.17, 15) is 34.8 Å². The van der Waals surface area contributed by atoms with E-state index >= 15 is 0 Å². The zero-order valence-corrected chi connectivity index (χ0v) is 21.3. The van der Waals surface area contributed by atoms with E-state index in [4.69, 9.17) is 0 Å². The number of carbonyl (C=O) groups is 1. The third-order valence-corrected chi connectivity index (χ3v) is 8.68. The van der Waals surface area contributed by atoms with Crippen LogP contribution in [0.2, 0.25) is 0 Å². The van der Waals surface area contributed by atoms with Gasteiger partial charge in [0.05, 0.1) is 10.3 Å². The standard InChI is InChI=1S/C25H22F3NO6S2/c1-16-7-11-19(12-8-16)36(31,32)29-18-10-13-22(35-37(33,34)25(26,27)28)21(15-18)24(2)20-6-4-3-5-17(20)9-14-23(24)30/h3-8,10-13,15,29H,9,14H2,1-2H3/t24-/m1/s1. The summed E-state index contributed by atoms with van der Waals surface area (Å²) in [6, 6.07) is 15.8. The Morgan fingerprint density at radius 1 is 0.892 bits per heavy atom. The minimum Gasteiger partial charge on any atom is -0.376 e. The lowest BCUT2D eigenvalue weighted by atomic mass is 9.66. The number of ketones is 1. The van der Waals surface area contributed by atoms with Crippen LogP contribution in [-0.2, 0) is 36.8 Å². The number of benzene rings is 3. The average molecular weight is 554 g/mol. The van der Waals surface area contributed by atoms with Crippen LogP contribution in [0.3, 0.4) is 0 Å². The molecule has 0 saturated carbocycles. The molecule has 0 saturated heterocycles. The number of rotatable bonds is 6. The van der Waals surface area contributed by atoms with Crippen LogP contribution in [-0.4, -0.2) is 28.1 Å². The molecule has 3 aromatic rings. The van der Waals surface area contributed by atoms with Crippen LogP contribution in [0, 0.1) is 6.92 Å². The van der Waals surface area contributed by atoms with E-state index in [2.05, 4.69) is 8.91 Å². The highest BCUT2D eigenvalue weighted by atomic mass is 32.2. The number of alkyl halides is 3. The van der Waals surface area contributed by atoms with E-state index in [1.54, 1.807) is 43.3 Å². The van der Waals surface area contributed by atoms with E-state index in [-0.39, 0.29) is 28.4 Å². The molecule has 0 radical (unpaired) electrons. The maximum atomic E-state index is 13.3. The van der Waals surface area contributed by atoms with Crippen molar-refractivity contribution in [2.45, 2.75) is 42.5 Å². The first-order valence-corrected chi connectivity index (χ1v) is 13.9. The summed E-state index contributed by atoms with van der Waals surface area (Å²) in [7, 11) is -10.2. The number of anilines is 1. The van der Waals surface area contributed by atoms with Gasteiger partial charge in [0.15, 0.2) is 0 Å². The summed E-state index contributed by atoms with van der Waals surface area (Å²) in [4.78, 5) is 13.2. The molecule has 0 unspecified atom stereocenters. The molecule has 4 rings (SSSR count). The van der Waals surface area contributed by atoms with E-state index in [0.717, 1.165) is 29.3 Å². The van der Waals surface area contributed by atoms with Crippen LogP contribution >= 0.6 is 0 Å². The molecule has 12 heteroatoms. The maximum absolute atomic E-state index is 13.3. The fourth-order valence-electron chi connectivity index (χ4n) is 4.32. The van der Waals surface area contributed by atoms with Crippen molar-refractivity contribution in [3.8, 4) is 5.75 Å². The summed E-state index contributed by atoms with van der Waals surface area (Å²) >= 11 is 0. The second kappa shape index (κ2) is 9.18. The molecule has 0 aliphatic heterocycles. The molecule has 196 valence electrons. The highest BCUT2D eigenvalue weighted by Gasteiger charge is 2.50. The van der Waals surface area contributed by atoms with Gasteiger partial charge in [-0.2, -0.15) is 21.6 Å². The quantitative estimate of drug-likeness (QED) is 0.346. The van der Waals surface area contributed by atoms with Crippen molar-refractivity contribution < 1.29 is 39.0 Å². The van der Waals surface area contributed by atoms with E-state index < -0.39 is 36.8 Å². The lowest BCUT2D eigenvalue weighted by Gasteiger charge is -2.36. The number of Topliss-reactive ketones (excluding diaryl/α,β-unsaturated/α-hetero) is 1. The van der Waals surface area contributed by atoms with Crippen LogP contribution in [0.1, 0.15) is 35.6 Å². The number of hydrogen-bond acceptors (Lipinski definition) is 6. The Bertz CT molecular complexity index is 1580. The maximum Gasteiger partial charge on any atom is 0.534 e. The second-order valence-electron chi connectivity index (χ2n) is 8.82. The van der Waals surface area contributed by atoms with E-state index in [0.29, 0.717) is 12.0 Å². The third-order valence-electron chi connectivity index (χ3n) is 6.32. The van der Waals surface area contributed by atoms with Crippen molar-refractivity contribution in [1.29, 1.82) is 0 Å². The molecular formula is C25H22F3NO6S2. The van der Waals surface area contributed by atoms with Crippen molar-refractivity contribution in [3.63, 3.8) is 0 Å². The molecule has 1 aliphatic carbocycles. The molecule has 7 nitrogen and oxygen atoms in total. The van der Waals surface area contributed by atoms with E-state index in [1.807, 2.05) is 0 Å². The Kier molecular flexibility index (Phi) is 6.62. The summed E-state index contributed by atoms with van der Waals surface area (Å²) in [5, 5.41) is 0. The first kappa shape index (κ1) is 26.7. The van der Waals surface area contributed by atoms with Crippen molar-refractivity contribution >= 4 is 31.6 Å². The summed E-state index contributed by atoms with van der Waals surface area (Å²) in [6.45, 7) is 3.23. The van der Waals surface area contributed by atoms with Crippen molar-refractivity contribution in [3.05, 3.63) is 89.0 Å². The second-order valence-corrected chi connectivity index (χ2v) is 12.0. The summed E-state index contributed by atoms with van der Waals surface area (Å²) < 4.78 is 95.9. The van der Waals surface area contributed by atoms with Crippen molar-refractivity contribution in [2.24, 2.45) is 0 Å². The highest BCUT2D eigenvalue weighted by Crippen LogP contribution is 2.45. The van der Waals surface area contributed by atoms with Gasteiger partial charge in [-0.05, 0) is 61.7 Å². The molecule has 1 N–H and O–H groups in total. The smallest absolute Gasteiger partial charge is 0.376 e. The number of aryl methyl sites for hydroxylation is 2. The summed E-state index contributed by atoms with van der Waals surface area (Å²) in [5.41, 5.74) is -5.61. The predicted octanol–water partition coefficient (Wildman–Crippen LogP) is 4.85. The minimum atomic E-state index is -6.08. The lowest BCUT2D eigenvalue weighted by molar-refractivity contribution is -0.123. The molecule has 0 amide bonds. The first-order chi connectivity index (χ1) is 17.1. The molecule has 0 aromatic heterocycles. The van der Waals surface area contributed by atoms with Crippen molar-refractivity contribution in [1.82, 2.24) is 0 Å². The Balaban J connectivity index is 1.89. The Hall–Kier alpha value is -3.38. The van der Waals surface area contributed by atoms with Gasteiger partial charge in [-0.15, -0.1) is 0 Å². The number of fused-ring (bicyclic) bond motifs is 1. The monoisotopic (exact) mass is 553 g/mol. The average Bonchev–Trinajstić information content (AvgIpc) is 2.82. The zero-order valence-electron chi connectivity index (χ0n) is 19.7. The Morgan fingerprint density at radius 2 is 1.54 bits per heavy atom. The number of nitrogens with one attached hydrogen (secondary N) is 1. The van der Waals surface area contributed by atoms with Gasteiger partial charge in [-0.25, -0.2) is 8.42 Å². The summed E-state index contributed by atoms with van der Waals surface area (Å²) in [5.74, 6) is -1.12. The van der Waals surface area contributed by atoms with Crippen LogP contribution in [0.4, 0.5) is 18.9 Å². The normalized spacial score (nSPS) is 18.2. The van der Waals surface area contributed by atoms with Gasteiger partial charge in [0.2, 0.25) is 0 Å². The zero-order chi connectivity index (χ0) is 27.2. The number of halogens is 3. The topological polar surface area (TPSA) is 107 Å². The molecule has 3 aromatic carbocycles. The van der Waals surface area contributed by atoms with Gasteiger partial charge in [0.1, 0.15) is 11.5 Å². The molecule has 0 heterocycles. The third kappa shape index (κ3) is 4.95. The predicted molar refractivity (Wildman–Crippen MR) is 130 cm³/mol. The number of hydrogen-bond donors (Lipinski definition) is 1. The largest absolute Gasteiger partial charge is 0.534 e. The van der Waals surface area contributed by atoms with Crippen LogP contribution in [0.15, 0.2) is 71.6 Å². The van der Waals surface area contributed by atoms with Gasteiger partial charge in [0.25, 0.3) is 10.0 Å². The summed E-state index contributed by atoms with van der Waals surface area (Å²) in [6.07, 6.45) is 0.430. The molecule has 0 fully saturated rings. The SMILES string of the molecule is Cc1ccc(S(=O)(=O)Nc2ccc(OS(=O)(=O)C(F)(F)F)c([C@]3(C)C(=O)CCc4ccccc43)c2)cc1. The Morgan fingerprint density at radius 3 is 2.19 bits per heavy atom. The molecule has 0 bridgehead atoms. The highest BCUT2D eigenvalue weighted by molar-refractivity contribution is 7.92. The lowest BCUT2D eigenvalue weighted by Crippen LogP contribution is -2.39. The van der Waals surface area contributed by atoms with Gasteiger partial charge < -0.3 is 4.18 Å². The van der Waals surface area contributed by atoms with Gasteiger partial charge in [-0.1, -0.05) is 42.0 Å². The van der Waals surface area contributed by atoms with Crippen LogP contribution < -0.4 is 8.91 Å². The fraction of sp³-hybridized carbons (Fsp3) is 0.240. The fourth-order valence-corrected chi connectivity index (χ4v) is 5.85. The minimum absolute atomic E-state index is 0.0400. The molecule has 1 aliphatic rings. The van der Waals surface area contributed by atoms with E-state index in [1.165, 1.54) is 19.1 Å². The van der Waals surface area contributed by atoms with Gasteiger partial charge >= 0.3 is 15.6 Å². The van der Waals surface area contributed by atoms with Crippen LogP contribution in [0.5, 0.6) is 5.75 Å².